The number of carboxylic acid groups (broad SMARTS) is 1. The molecule has 2 aromatic rings. The van der Waals surface area contributed by atoms with Crippen molar-refractivity contribution in [1.29, 1.82) is 0 Å². The zero-order chi connectivity index (χ0) is 24.0. The highest BCUT2D eigenvalue weighted by Gasteiger charge is 2.71. The van der Waals surface area contributed by atoms with Gasteiger partial charge < -0.3 is 19.9 Å². The van der Waals surface area contributed by atoms with Crippen LogP contribution in [-0.4, -0.2) is 59.5 Å². The summed E-state index contributed by atoms with van der Waals surface area (Å²) in [5.74, 6) is 0.313. The van der Waals surface area contributed by atoms with Gasteiger partial charge in [0.25, 0.3) is 0 Å². The Labute approximate surface area is 207 Å². The van der Waals surface area contributed by atoms with Crippen LogP contribution in [0.2, 0.25) is 0 Å². The molecule has 7 heteroatoms. The summed E-state index contributed by atoms with van der Waals surface area (Å²) in [6.45, 7) is 5.85. The molecule has 0 aliphatic carbocycles. The van der Waals surface area contributed by atoms with E-state index in [2.05, 4.69) is 30.4 Å². The number of hydrogen-bond donors (Lipinski definition) is 2. The molecule has 2 N–H and O–H groups in total. The summed E-state index contributed by atoms with van der Waals surface area (Å²) >= 11 is 0. The second-order valence-corrected chi connectivity index (χ2v) is 10.7. The molecule has 35 heavy (non-hydrogen) atoms. The maximum Gasteiger partial charge on any atom is 0.367 e. The zero-order valence-corrected chi connectivity index (χ0v) is 20.6. The van der Waals surface area contributed by atoms with Gasteiger partial charge in [0.1, 0.15) is 18.9 Å². The normalized spacial score (nSPS) is 30.3. The van der Waals surface area contributed by atoms with Gasteiger partial charge in [0.05, 0.1) is 12.2 Å². The Hall–Kier alpha value is -2.48. The van der Waals surface area contributed by atoms with Crippen molar-refractivity contribution in [3.05, 3.63) is 58.3 Å². The van der Waals surface area contributed by atoms with Crippen LogP contribution in [0.3, 0.4) is 0 Å². The minimum atomic E-state index is -0.762. The summed E-state index contributed by atoms with van der Waals surface area (Å²) in [6.07, 6.45) is 7.46. The number of ether oxygens (including phenoxy) is 2. The number of carboxylic acids is 1. The fourth-order valence-electron chi connectivity index (χ4n) is 6.94. The van der Waals surface area contributed by atoms with Gasteiger partial charge in [-0.2, -0.15) is 0 Å². The predicted molar refractivity (Wildman–Crippen MR) is 132 cm³/mol. The number of rotatable bonds is 8. The largest absolute Gasteiger partial charge is 0.477 e. The van der Waals surface area contributed by atoms with E-state index in [1.165, 1.54) is 17.5 Å². The predicted octanol–water partition coefficient (Wildman–Crippen LogP) is 3.95. The fraction of sp³-hybridized carbons (Fsp3) is 0.571. The van der Waals surface area contributed by atoms with Crippen molar-refractivity contribution in [3.63, 3.8) is 0 Å². The lowest BCUT2D eigenvalue weighted by molar-refractivity contribution is -1.05. The maximum atomic E-state index is 12.4. The number of aliphatic carboxylic acids is 1. The lowest BCUT2D eigenvalue weighted by Gasteiger charge is -2.57. The van der Waals surface area contributed by atoms with Gasteiger partial charge in [-0.25, -0.2) is 9.78 Å². The number of nitrogens with one attached hydrogen (secondary N) is 1. The van der Waals surface area contributed by atoms with Crippen LogP contribution in [0.15, 0.2) is 30.3 Å². The number of aromatic nitrogens is 1. The summed E-state index contributed by atoms with van der Waals surface area (Å²) in [5, 5.41) is 13.6. The Kier molecular flexibility index (Phi) is 5.82. The Morgan fingerprint density at radius 3 is 2.94 bits per heavy atom. The van der Waals surface area contributed by atoms with Gasteiger partial charge in [-0.3, -0.25) is 4.48 Å². The smallest absolute Gasteiger partial charge is 0.367 e. The van der Waals surface area contributed by atoms with E-state index < -0.39 is 17.7 Å². The Morgan fingerprint density at radius 1 is 1.20 bits per heavy atom. The number of hydrogen-bond acceptors (Lipinski definition) is 5. The molecule has 7 nitrogen and oxygen atoms in total. The molecule has 186 valence electrons. The van der Waals surface area contributed by atoms with Gasteiger partial charge in [-0.1, -0.05) is 30.7 Å². The second kappa shape index (κ2) is 8.87. The van der Waals surface area contributed by atoms with Crippen LogP contribution in [0, 0.1) is 0 Å². The molecule has 0 bridgehead atoms. The molecule has 4 aliphatic heterocycles. The molecule has 5 heterocycles. The van der Waals surface area contributed by atoms with E-state index in [-0.39, 0.29) is 6.10 Å². The Bertz CT molecular complexity index is 1130. The molecule has 1 fully saturated rings. The highest BCUT2D eigenvalue weighted by Crippen LogP contribution is 2.59. The number of anilines is 1. The highest BCUT2D eigenvalue weighted by atomic mass is 16.5. The molecule has 4 aliphatic rings. The van der Waals surface area contributed by atoms with Crippen molar-refractivity contribution in [2.45, 2.75) is 69.7 Å². The van der Waals surface area contributed by atoms with Crippen LogP contribution >= 0.6 is 0 Å². The van der Waals surface area contributed by atoms with Gasteiger partial charge >= 0.3 is 5.97 Å². The van der Waals surface area contributed by atoms with E-state index in [0.29, 0.717) is 24.2 Å². The van der Waals surface area contributed by atoms with Crippen LogP contribution < -0.4 is 5.32 Å². The summed E-state index contributed by atoms with van der Waals surface area (Å²) in [5.41, 5.74) is 5.20. The van der Waals surface area contributed by atoms with Gasteiger partial charge in [0.2, 0.25) is 11.8 Å². The number of benzene rings is 1. The number of unbranched alkanes of at least 4 members (excludes halogenated alkanes) is 2. The third kappa shape index (κ3) is 3.67. The van der Waals surface area contributed by atoms with Crippen LogP contribution in [0.1, 0.15) is 66.6 Å². The average Bonchev–Trinajstić information content (AvgIpc) is 3.07. The standard InChI is InChI=1S/C28H35N3O4/c1-28-24-19(13-16-35-28)7-5-10-23(24)25(27(32)33)31(28)17-22(18-31)34-15-4-2-3-9-21-12-11-20-8-6-14-29-26(20)30-21/h5,7,10-12,22,25H,2-4,6,8-9,13-18H2,1H3,(H-,29,30,32,33)/p+1. The van der Waals surface area contributed by atoms with Gasteiger partial charge in [-0.05, 0) is 55.7 Å². The third-order valence-corrected chi connectivity index (χ3v) is 8.72. The lowest BCUT2D eigenvalue weighted by Crippen LogP contribution is -2.74. The SMILES string of the molecule is CC12OCCc3cccc(c31)C(C(=O)O)[N+]21CC(OCCCCCc2ccc3c(n2)NCCC3)C1. The van der Waals surface area contributed by atoms with Crippen LogP contribution in [0.25, 0.3) is 0 Å². The molecule has 1 aromatic heterocycles. The van der Waals surface area contributed by atoms with Crippen molar-refractivity contribution in [1.82, 2.24) is 4.98 Å². The lowest BCUT2D eigenvalue weighted by atomic mass is 9.90. The molecule has 0 radical (unpaired) electrons. The van der Waals surface area contributed by atoms with E-state index in [0.717, 1.165) is 74.3 Å². The minimum absolute atomic E-state index is 0.0883. The summed E-state index contributed by atoms with van der Waals surface area (Å²) in [6, 6.07) is 9.94. The number of carbonyl (C=O) groups is 1. The molecule has 0 amide bonds. The molecule has 1 spiro atoms. The quantitative estimate of drug-likeness (QED) is 0.442. The van der Waals surface area contributed by atoms with E-state index >= 15 is 0 Å². The summed E-state index contributed by atoms with van der Waals surface area (Å²) < 4.78 is 13.0. The van der Waals surface area contributed by atoms with Crippen molar-refractivity contribution in [2.24, 2.45) is 0 Å². The number of pyridine rings is 1. The Morgan fingerprint density at radius 2 is 2.09 bits per heavy atom. The topological polar surface area (TPSA) is 80.7 Å². The number of fused-ring (bicyclic) bond motifs is 2. The van der Waals surface area contributed by atoms with Crippen molar-refractivity contribution in [3.8, 4) is 0 Å². The second-order valence-electron chi connectivity index (χ2n) is 10.7. The molecule has 1 aromatic carbocycles. The maximum absolute atomic E-state index is 12.4. The first kappa shape index (κ1) is 23.0. The van der Waals surface area contributed by atoms with Crippen LogP contribution in [-0.2, 0) is 39.3 Å². The van der Waals surface area contributed by atoms with Crippen molar-refractivity contribution >= 4 is 11.8 Å². The van der Waals surface area contributed by atoms with Gasteiger partial charge in [0, 0.05) is 31.3 Å². The van der Waals surface area contributed by atoms with Gasteiger partial charge in [0.15, 0.2) is 6.10 Å². The fourth-order valence-corrected chi connectivity index (χ4v) is 6.94. The van der Waals surface area contributed by atoms with Crippen LogP contribution in [0.4, 0.5) is 5.82 Å². The van der Waals surface area contributed by atoms with Gasteiger partial charge in [-0.15, -0.1) is 0 Å². The Balaban J connectivity index is 1.01. The van der Waals surface area contributed by atoms with E-state index in [4.69, 9.17) is 14.5 Å². The number of aryl methyl sites for hydroxylation is 2. The average molecular weight is 479 g/mol. The van der Waals surface area contributed by atoms with Crippen LogP contribution in [0.5, 0.6) is 0 Å². The molecule has 0 saturated carbocycles. The molecule has 2 atom stereocenters. The third-order valence-electron chi connectivity index (χ3n) is 8.72. The van der Waals surface area contributed by atoms with E-state index in [1.54, 1.807) is 0 Å². The van der Waals surface area contributed by atoms with Crippen molar-refractivity contribution < 1.29 is 23.9 Å². The monoisotopic (exact) mass is 478 g/mol. The minimum Gasteiger partial charge on any atom is -0.477 e. The number of quaternary nitrogens is 1. The highest BCUT2D eigenvalue weighted by molar-refractivity contribution is 5.76. The molecule has 6 rings (SSSR count). The first-order valence-electron chi connectivity index (χ1n) is 13.2. The first-order valence-corrected chi connectivity index (χ1v) is 13.2. The molecular formula is C28H36N3O4+. The molecule has 1 saturated heterocycles. The summed E-state index contributed by atoms with van der Waals surface area (Å²) in [7, 11) is 0. The molecular weight excluding hydrogens is 442 g/mol. The summed E-state index contributed by atoms with van der Waals surface area (Å²) in [4.78, 5) is 17.2. The van der Waals surface area contributed by atoms with E-state index in [1.807, 2.05) is 12.1 Å². The van der Waals surface area contributed by atoms with Crippen molar-refractivity contribution in [2.75, 3.05) is 38.2 Å². The zero-order valence-electron chi connectivity index (χ0n) is 20.6. The van der Waals surface area contributed by atoms with E-state index in [9.17, 15) is 9.90 Å². The number of nitrogens with zero attached hydrogens (tertiary/aromatic N) is 2. The molecule has 2 unspecified atom stereocenters. The first-order chi connectivity index (χ1) is 17.0.